The molecule has 0 atom stereocenters. The Bertz CT molecular complexity index is 555. The number of hydrogen-bond donors (Lipinski definition) is 2. The molecule has 6 nitrogen and oxygen atoms in total. The van der Waals surface area contributed by atoms with E-state index in [0.29, 0.717) is 18.7 Å². The van der Waals surface area contributed by atoms with Crippen molar-refractivity contribution in [1.82, 2.24) is 10.2 Å². The van der Waals surface area contributed by atoms with Gasteiger partial charge >= 0.3 is 0 Å². The highest BCUT2D eigenvalue weighted by atomic mass is 16.2. The van der Waals surface area contributed by atoms with Crippen LogP contribution in [0, 0.1) is 6.92 Å². The number of carbonyl (C=O) groups excluding carboxylic acids is 3. The van der Waals surface area contributed by atoms with Crippen molar-refractivity contribution in [2.75, 3.05) is 25.0 Å². The lowest BCUT2D eigenvalue weighted by atomic mass is 10.2. The van der Waals surface area contributed by atoms with Gasteiger partial charge in [0.25, 0.3) is 0 Å². The van der Waals surface area contributed by atoms with Gasteiger partial charge in [-0.05, 0) is 31.9 Å². The number of aryl methyl sites for hydroxylation is 1. The monoisotopic (exact) mass is 333 g/mol. The lowest BCUT2D eigenvalue weighted by Gasteiger charge is -2.21. The summed E-state index contributed by atoms with van der Waals surface area (Å²) in [4.78, 5) is 37.3. The van der Waals surface area contributed by atoms with E-state index in [2.05, 4.69) is 10.6 Å². The van der Waals surface area contributed by atoms with Crippen molar-refractivity contribution in [3.63, 3.8) is 0 Å². The molecular formula is C18H27N3O3. The second kappa shape index (κ2) is 10.4. The fourth-order valence-corrected chi connectivity index (χ4v) is 2.18. The molecular weight excluding hydrogens is 306 g/mol. The van der Waals surface area contributed by atoms with Crippen molar-refractivity contribution in [2.45, 2.75) is 40.0 Å². The minimum absolute atomic E-state index is 0.00944. The first-order valence-corrected chi connectivity index (χ1v) is 8.37. The topological polar surface area (TPSA) is 78.5 Å². The van der Waals surface area contributed by atoms with Crippen LogP contribution in [0.5, 0.6) is 0 Å². The normalized spacial score (nSPS) is 10.1. The van der Waals surface area contributed by atoms with E-state index in [0.717, 1.165) is 18.4 Å². The van der Waals surface area contributed by atoms with Gasteiger partial charge in [-0.25, -0.2) is 0 Å². The zero-order chi connectivity index (χ0) is 17.9. The highest BCUT2D eigenvalue weighted by molar-refractivity contribution is 5.95. The van der Waals surface area contributed by atoms with E-state index in [1.165, 1.54) is 4.90 Å². The van der Waals surface area contributed by atoms with Crippen LogP contribution in [0.15, 0.2) is 24.3 Å². The van der Waals surface area contributed by atoms with Crippen LogP contribution >= 0.6 is 0 Å². The molecule has 2 N–H and O–H groups in total. The molecule has 0 fully saturated rings. The van der Waals surface area contributed by atoms with Gasteiger partial charge in [-0.2, -0.15) is 0 Å². The second-order valence-corrected chi connectivity index (χ2v) is 5.76. The van der Waals surface area contributed by atoms with Crippen molar-refractivity contribution in [3.8, 4) is 0 Å². The molecule has 24 heavy (non-hydrogen) atoms. The number of hydrogen-bond acceptors (Lipinski definition) is 3. The van der Waals surface area contributed by atoms with Crippen molar-refractivity contribution in [3.05, 3.63) is 29.8 Å². The van der Waals surface area contributed by atoms with Gasteiger partial charge < -0.3 is 15.5 Å². The van der Waals surface area contributed by atoms with Crippen LogP contribution in [0.4, 0.5) is 5.69 Å². The average Bonchev–Trinajstić information content (AvgIpc) is 2.55. The first-order valence-electron chi connectivity index (χ1n) is 8.37. The molecule has 0 saturated carbocycles. The first kappa shape index (κ1) is 19.7. The number of carbonyl (C=O) groups is 3. The highest BCUT2D eigenvalue weighted by Gasteiger charge is 2.16. The summed E-state index contributed by atoms with van der Waals surface area (Å²) in [5.41, 5.74) is 1.79. The zero-order valence-electron chi connectivity index (χ0n) is 14.7. The standard InChI is InChI=1S/C18H27N3O3/c1-4-6-18(24)21(11-5-2)13-17(23)19-12-16(22)20-15-9-7-14(3)8-10-15/h7-10H,4-6,11-13H2,1-3H3,(H,19,23)(H,20,22). The Morgan fingerprint density at radius 2 is 1.67 bits per heavy atom. The lowest BCUT2D eigenvalue weighted by molar-refractivity contribution is -0.136. The van der Waals surface area contributed by atoms with E-state index in [9.17, 15) is 14.4 Å². The van der Waals surface area contributed by atoms with Crippen LogP contribution in [0.2, 0.25) is 0 Å². The molecule has 1 rings (SSSR count). The van der Waals surface area contributed by atoms with Crippen molar-refractivity contribution >= 4 is 23.4 Å². The number of nitrogens with one attached hydrogen (secondary N) is 2. The maximum Gasteiger partial charge on any atom is 0.243 e. The van der Waals surface area contributed by atoms with Crippen molar-refractivity contribution in [1.29, 1.82) is 0 Å². The van der Waals surface area contributed by atoms with Crippen LogP contribution in [0.3, 0.4) is 0 Å². The predicted molar refractivity (Wildman–Crippen MR) is 94.6 cm³/mol. The van der Waals surface area contributed by atoms with E-state index in [1.54, 1.807) is 12.1 Å². The van der Waals surface area contributed by atoms with Gasteiger partial charge in [-0.3, -0.25) is 14.4 Å². The van der Waals surface area contributed by atoms with Crippen LogP contribution < -0.4 is 10.6 Å². The molecule has 0 aromatic heterocycles. The molecule has 0 saturated heterocycles. The summed E-state index contributed by atoms with van der Waals surface area (Å²) in [6, 6.07) is 7.41. The lowest BCUT2D eigenvalue weighted by Crippen LogP contribution is -2.43. The quantitative estimate of drug-likeness (QED) is 0.726. The highest BCUT2D eigenvalue weighted by Crippen LogP contribution is 2.08. The molecule has 0 bridgehead atoms. The van der Waals surface area contributed by atoms with E-state index >= 15 is 0 Å². The molecule has 0 aliphatic carbocycles. The second-order valence-electron chi connectivity index (χ2n) is 5.76. The summed E-state index contributed by atoms with van der Waals surface area (Å²) in [6.07, 6.45) is 1.97. The molecule has 0 spiro atoms. The number of anilines is 1. The van der Waals surface area contributed by atoms with Crippen LogP contribution in [-0.4, -0.2) is 42.3 Å². The van der Waals surface area contributed by atoms with E-state index < -0.39 is 0 Å². The van der Waals surface area contributed by atoms with Gasteiger partial charge in [0.15, 0.2) is 0 Å². The summed E-state index contributed by atoms with van der Waals surface area (Å²) in [7, 11) is 0. The summed E-state index contributed by atoms with van der Waals surface area (Å²) in [5.74, 6) is -0.653. The molecule has 1 aromatic carbocycles. The third-order valence-electron chi connectivity index (χ3n) is 3.43. The number of benzene rings is 1. The number of nitrogens with zero attached hydrogens (tertiary/aromatic N) is 1. The molecule has 132 valence electrons. The Morgan fingerprint density at radius 1 is 1.00 bits per heavy atom. The molecule has 0 aliphatic rings. The van der Waals surface area contributed by atoms with Gasteiger partial charge in [0.05, 0.1) is 13.1 Å². The van der Waals surface area contributed by atoms with Gasteiger partial charge in [0.1, 0.15) is 0 Å². The first-order chi connectivity index (χ1) is 11.5. The Balaban J connectivity index is 2.41. The molecule has 0 heterocycles. The van der Waals surface area contributed by atoms with Gasteiger partial charge in [-0.1, -0.05) is 31.5 Å². The number of rotatable bonds is 9. The van der Waals surface area contributed by atoms with Crippen LogP contribution in [-0.2, 0) is 14.4 Å². The van der Waals surface area contributed by atoms with Gasteiger partial charge in [-0.15, -0.1) is 0 Å². The molecule has 1 aromatic rings. The fraction of sp³-hybridized carbons (Fsp3) is 0.500. The molecule has 0 unspecified atom stereocenters. The molecule has 0 radical (unpaired) electrons. The Labute approximate surface area is 143 Å². The minimum atomic E-state index is -0.327. The fourth-order valence-electron chi connectivity index (χ4n) is 2.18. The molecule has 6 heteroatoms. The summed E-state index contributed by atoms with van der Waals surface area (Å²) >= 11 is 0. The van der Waals surface area contributed by atoms with Crippen molar-refractivity contribution in [2.24, 2.45) is 0 Å². The van der Waals surface area contributed by atoms with Crippen LogP contribution in [0.1, 0.15) is 38.7 Å². The average molecular weight is 333 g/mol. The molecule has 3 amide bonds. The smallest absolute Gasteiger partial charge is 0.243 e. The third-order valence-corrected chi connectivity index (χ3v) is 3.43. The van der Waals surface area contributed by atoms with E-state index in [1.807, 2.05) is 32.9 Å². The van der Waals surface area contributed by atoms with Crippen LogP contribution in [0.25, 0.3) is 0 Å². The summed E-state index contributed by atoms with van der Waals surface area (Å²) < 4.78 is 0. The Morgan fingerprint density at radius 3 is 2.25 bits per heavy atom. The van der Waals surface area contributed by atoms with Crippen molar-refractivity contribution < 1.29 is 14.4 Å². The summed E-state index contributed by atoms with van der Waals surface area (Å²) in [6.45, 7) is 6.27. The SMILES string of the molecule is CCCC(=O)N(CCC)CC(=O)NCC(=O)Nc1ccc(C)cc1. The van der Waals surface area contributed by atoms with Gasteiger partial charge in [0.2, 0.25) is 17.7 Å². The third kappa shape index (κ3) is 7.26. The molecule has 0 aliphatic heterocycles. The predicted octanol–water partition coefficient (Wildman–Crippen LogP) is 2.09. The number of amides is 3. The van der Waals surface area contributed by atoms with E-state index in [-0.39, 0.29) is 30.8 Å². The maximum absolute atomic E-state index is 12.0. The zero-order valence-corrected chi connectivity index (χ0v) is 14.7. The van der Waals surface area contributed by atoms with Gasteiger partial charge in [0, 0.05) is 18.7 Å². The Hall–Kier alpha value is -2.37. The Kier molecular flexibility index (Phi) is 8.54. The minimum Gasteiger partial charge on any atom is -0.345 e. The van der Waals surface area contributed by atoms with E-state index in [4.69, 9.17) is 0 Å². The largest absolute Gasteiger partial charge is 0.345 e. The summed E-state index contributed by atoms with van der Waals surface area (Å²) in [5, 5.41) is 5.27. The maximum atomic E-state index is 12.0.